The van der Waals surface area contributed by atoms with Crippen LogP contribution in [0.25, 0.3) is 0 Å². The molecule has 0 saturated heterocycles. The minimum absolute atomic E-state index is 0. The predicted molar refractivity (Wildman–Crippen MR) is 85.9 cm³/mol. The van der Waals surface area contributed by atoms with Crippen LogP contribution in [-0.2, 0) is 9.59 Å². The SMILES string of the molecule is CC(C)(C)CCCCCC(=O)[O-].CCCCC(CC)C(=O)[O-].[Li+].[Li+]. The molecular formula is C18H34Li2O4. The summed E-state index contributed by atoms with van der Waals surface area (Å²) in [5, 5.41) is 20.4. The Morgan fingerprint density at radius 2 is 1.46 bits per heavy atom. The molecule has 24 heavy (non-hydrogen) atoms. The van der Waals surface area contributed by atoms with Gasteiger partial charge in [-0.15, -0.1) is 0 Å². The standard InChI is InChI=1S/C10H20O2.C8H16O2.2Li/c1-10(2,3)8-6-4-5-7-9(11)12;1-3-5-6-7(4-2)8(9)10;;/h4-8H2,1-3H3,(H,11,12);7H,3-6H2,1-2H3,(H,9,10);;/q;;2*+1/p-2. The zero-order valence-corrected chi connectivity index (χ0v) is 17.1. The smallest absolute Gasteiger partial charge is 0.550 e. The van der Waals surface area contributed by atoms with Crippen molar-refractivity contribution in [2.75, 3.05) is 0 Å². The second kappa shape index (κ2) is 19.5. The van der Waals surface area contributed by atoms with Crippen LogP contribution in [0, 0.1) is 11.3 Å². The summed E-state index contributed by atoms with van der Waals surface area (Å²) in [4.78, 5) is 20.4. The van der Waals surface area contributed by atoms with E-state index in [0.29, 0.717) is 11.8 Å². The van der Waals surface area contributed by atoms with Crippen LogP contribution in [0.5, 0.6) is 0 Å². The van der Waals surface area contributed by atoms with Gasteiger partial charge in [0.25, 0.3) is 0 Å². The molecule has 0 aliphatic carbocycles. The number of carbonyl (C=O) groups is 2. The molecule has 0 fully saturated rings. The molecule has 0 aromatic carbocycles. The molecule has 0 aliphatic rings. The van der Waals surface area contributed by atoms with Crippen LogP contribution in [0.1, 0.15) is 92.4 Å². The zero-order valence-electron chi connectivity index (χ0n) is 17.1. The van der Waals surface area contributed by atoms with Crippen molar-refractivity contribution in [3.63, 3.8) is 0 Å². The quantitative estimate of drug-likeness (QED) is 0.311. The van der Waals surface area contributed by atoms with E-state index in [-0.39, 0.29) is 50.1 Å². The van der Waals surface area contributed by atoms with Crippen molar-refractivity contribution in [1.29, 1.82) is 0 Å². The van der Waals surface area contributed by atoms with Crippen molar-refractivity contribution in [2.24, 2.45) is 11.3 Å². The van der Waals surface area contributed by atoms with E-state index in [1.165, 1.54) is 6.42 Å². The first-order chi connectivity index (χ1) is 10.1. The molecule has 4 nitrogen and oxygen atoms in total. The van der Waals surface area contributed by atoms with E-state index in [1.54, 1.807) is 0 Å². The first kappa shape index (κ1) is 31.9. The number of hydrogen-bond donors (Lipinski definition) is 0. The minimum atomic E-state index is -0.925. The predicted octanol–water partition coefficient (Wildman–Crippen LogP) is -3.31. The second-order valence-electron chi connectivity index (χ2n) is 7.06. The molecule has 6 heteroatoms. The summed E-state index contributed by atoms with van der Waals surface area (Å²) >= 11 is 0. The summed E-state index contributed by atoms with van der Waals surface area (Å²) < 4.78 is 0. The van der Waals surface area contributed by atoms with Gasteiger partial charge in [0, 0.05) is 11.9 Å². The van der Waals surface area contributed by atoms with E-state index in [0.717, 1.165) is 38.5 Å². The Kier molecular flexibility index (Phi) is 25.8. The van der Waals surface area contributed by atoms with Gasteiger partial charge in [-0.1, -0.05) is 60.3 Å². The maximum Gasteiger partial charge on any atom is 1.00 e. The Morgan fingerprint density at radius 1 is 0.917 bits per heavy atom. The average Bonchev–Trinajstić information content (AvgIpc) is 2.38. The van der Waals surface area contributed by atoms with Gasteiger partial charge in [-0.05, 0) is 43.4 Å². The molecule has 1 atom stereocenters. The molecule has 132 valence electrons. The summed E-state index contributed by atoms with van der Waals surface area (Å²) in [5.74, 6) is -2.04. The van der Waals surface area contributed by atoms with E-state index < -0.39 is 11.9 Å². The number of carbonyl (C=O) groups excluding carboxylic acids is 2. The van der Waals surface area contributed by atoms with Crippen molar-refractivity contribution in [2.45, 2.75) is 92.4 Å². The Balaban J connectivity index is -0.000000156. The Labute approximate surface area is 172 Å². The number of rotatable bonds is 10. The minimum Gasteiger partial charge on any atom is -0.550 e. The van der Waals surface area contributed by atoms with Gasteiger partial charge < -0.3 is 19.8 Å². The third-order valence-corrected chi connectivity index (χ3v) is 3.54. The molecule has 0 saturated carbocycles. The van der Waals surface area contributed by atoms with Gasteiger partial charge in [-0.3, -0.25) is 0 Å². The fourth-order valence-corrected chi connectivity index (χ4v) is 2.04. The third kappa shape index (κ3) is 27.0. The first-order valence-electron chi connectivity index (χ1n) is 8.54. The molecule has 0 heterocycles. The molecule has 0 spiro atoms. The summed E-state index contributed by atoms with van der Waals surface area (Å²) in [6, 6.07) is 0. The maximum atomic E-state index is 10.3. The summed E-state index contributed by atoms with van der Waals surface area (Å²) in [7, 11) is 0. The molecule has 1 unspecified atom stereocenters. The van der Waals surface area contributed by atoms with E-state index in [2.05, 4.69) is 27.7 Å². The van der Waals surface area contributed by atoms with Crippen LogP contribution >= 0.6 is 0 Å². The van der Waals surface area contributed by atoms with Gasteiger partial charge in [-0.25, -0.2) is 0 Å². The van der Waals surface area contributed by atoms with Gasteiger partial charge in [0.2, 0.25) is 0 Å². The van der Waals surface area contributed by atoms with Crippen molar-refractivity contribution in [1.82, 2.24) is 0 Å². The molecule has 0 aromatic rings. The summed E-state index contributed by atoms with van der Waals surface area (Å²) in [6.07, 6.45) is 7.79. The average molecular weight is 328 g/mol. The van der Waals surface area contributed by atoms with Crippen LogP contribution < -0.4 is 47.9 Å². The molecule has 0 aliphatic heterocycles. The van der Waals surface area contributed by atoms with Crippen LogP contribution in [0.3, 0.4) is 0 Å². The van der Waals surface area contributed by atoms with Crippen molar-refractivity contribution >= 4 is 11.9 Å². The van der Waals surface area contributed by atoms with E-state index in [1.807, 2.05) is 6.92 Å². The number of hydrogen-bond acceptors (Lipinski definition) is 4. The fourth-order valence-electron chi connectivity index (χ4n) is 2.04. The number of unbranched alkanes of at least 4 members (excludes halogenated alkanes) is 3. The fraction of sp³-hybridized carbons (Fsp3) is 0.889. The monoisotopic (exact) mass is 328 g/mol. The maximum absolute atomic E-state index is 10.3. The van der Waals surface area contributed by atoms with Gasteiger partial charge in [0.05, 0.1) is 0 Å². The molecule has 0 amide bonds. The topological polar surface area (TPSA) is 80.3 Å². The zero-order chi connectivity index (χ0) is 17.6. The largest absolute Gasteiger partial charge is 1.00 e. The Hall–Kier alpha value is 0.135. The summed E-state index contributed by atoms with van der Waals surface area (Å²) in [6.45, 7) is 10.5. The molecule has 0 aromatic heterocycles. The normalized spacial score (nSPS) is 11.2. The Bertz CT molecular complexity index is 302. The van der Waals surface area contributed by atoms with E-state index in [4.69, 9.17) is 0 Å². The summed E-state index contributed by atoms with van der Waals surface area (Å²) in [5.41, 5.74) is 0.376. The van der Waals surface area contributed by atoms with E-state index >= 15 is 0 Å². The molecule has 0 radical (unpaired) electrons. The van der Waals surface area contributed by atoms with Gasteiger partial charge in [-0.2, -0.15) is 0 Å². The van der Waals surface area contributed by atoms with Crippen molar-refractivity contribution in [3.8, 4) is 0 Å². The molecular weight excluding hydrogens is 294 g/mol. The van der Waals surface area contributed by atoms with Crippen LogP contribution in [0.2, 0.25) is 0 Å². The second-order valence-corrected chi connectivity index (χ2v) is 7.06. The van der Waals surface area contributed by atoms with Crippen LogP contribution in [0.4, 0.5) is 0 Å². The van der Waals surface area contributed by atoms with Crippen molar-refractivity contribution in [3.05, 3.63) is 0 Å². The van der Waals surface area contributed by atoms with Crippen LogP contribution in [-0.4, -0.2) is 11.9 Å². The number of carboxylic acids is 2. The van der Waals surface area contributed by atoms with Gasteiger partial charge >= 0.3 is 37.7 Å². The number of carboxylic acid groups (broad SMARTS) is 2. The van der Waals surface area contributed by atoms with Crippen LogP contribution in [0.15, 0.2) is 0 Å². The molecule has 0 N–H and O–H groups in total. The van der Waals surface area contributed by atoms with E-state index in [9.17, 15) is 19.8 Å². The first-order valence-corrected chi connectivity index (χ1v) is 8.54. The van der Waals surface area contributed by atoms with Crippen molar-refractivity contribution < 1.29 is 57.5 Å². The van der Waals surface area contributed by atoms with Gasteiger partial charge in [0.15, 0.2) is 0 Å². The van der Waals surface area contributed by atoms with Gasteiger partial charge in [0.1, 0.15) is 0 Å². The molecule has 0 rings (SSSR count). The Morgan fingerprint density at radius 3 is 1.79 bits per heavy atom. The molecule has 0 bridgehead atoms. The number of aliphatic carboxylic acids is 2. The third-order valence-electron chi connectivity index (χ3n) is 3.54.